The highest BCUT2D eigenvalue weighted by Crippen LogP contribution is 2.29. The van der Waals surface area contributed by atoms with Crippen LogP contribution in [0.1, 0.15) is 24.9 Å². The molecule has 5 nitrogen and oxygen atoms in total. The third kappa shape index (κ3) is 4.11. The smallest absolute Gasteiger partial charge is 0.150 e. The molecule has 0 aromatic heterocycles. The lowest BCUT2D eigenvalue weighted by molar-refractivity contribution is 0.383. The number of benzene rings is 1. The normalized spacial score (nSPS) is 22.0. The Kier molecular flexibility index (Phi) is 5.11. The second-order valence-corrected chi connectivity index (χ2v) is 7.74. The Balaban J connectivity index is 1.98. The summed E-state index contributed by atoms with van der Waals surface area (Å²) in [6.07, 6.45) is 0.752. The standard InChI is InChI=1S/C15H23NO4S/c1-11(16-9-12-6-7-21(17,18)10-12)14-5-4-13(19-2)8-15(14)20-3/h4-5,8,11-12,16H,6-7,9-10H2,1-3H3. The van der Waals surface area contributed by atoms with Crippen molar-refractivity contribution in [2.24, 2.45) is 5.92 Å². The zero-order valence-electron chi connectivity index (χ0n) is 12.8. The highest BCUT2D eigenvalue weighted by molar-refractivity contribution is 7.91. The molecule has 0 bridgehead atoms. The zero-order valence-corrected chi connectivity index (χ0v) is 13.6. The topological polar surface area (TPSA) is 64.6 Å². The fourth-order valence-electron chi connectivity index (χ4n) is 2.66. The van der Waals surface area contributed by atoms with E-state index in [2.05, 4.69) is 5.32 Å². The van der Waals surface area contributed by atoms with Crippen molar-refractivity contribution in [2.75, 3.05) is 32.3 Å². The third-order valence-electron chi connectivity index (χ3n) is 3.95. The SMILES string of the molecule is COc1ccc(C(C)NCC2CCS(=O)(=O)C2)c(OC)c1. The summed E-state index contributed by atoms with van der Waals surface area (Å²) in [5.74, 6) is 2.35. The number of ether oxygens (including phenoxy) is 2. The molecule has 6 heteroatoms. The van der Waals surface area contributed by atoms with Gasteiger partial charge in [0.05, 0.1) is 25.7 Å². The first-order valence-electron chi connectivity index (χ1n) is 7.11. The molecule has 1 heterocycles. The molecule has 2 atom stereocenters. The van der Waals surface area contributed by atoms with E-state index in [1.807, 2.05) is 25.1 Å². The Morgan fingerprint density at radius 3 is 2.67 bits per heavy atom. The van der Waals surface area contributed by atoms with Crippen LogP contribution < -0.4 is 14.8 Å². The number of nitrogens with one attached hydrogen (secondary N) is 1. The minimum atomic E-state index is -2.81. The van der Waals surface area contributed by atoms with Gasteiger partial charge in [-0.05, 0) is 31.9 Å². The Labute approximate surface area is 126 Å². The van der Waals surface area contributed by atoms with Crippen LogP contribution in [0.4, 0.5) is 0 Å². The van der Waals surface area contributed by atoms with Crippen LogP contribution in [0.5, 0.6) is 11.5 Å². The molecule has 0 radical (unpaired) electrons. The van der Waals surface area contributed by atoms with E-state index in [0.29, 0.717) is 18.1 Å². The number of rotatable bonds is 6. The van der Waals surface area contributed by atoms with Gasteiger partial charge in [-0.25, -0.2) is 8.42 Å². The van der Waals surface area contributed by atoms with Crippen molar-refractivity contribution in [3.05, 3.63) is 23.8 Å². The molecule has 0 amide bonds. The molecular formula is C15H23NO4S. The largest absolute Gasteiger partial charge is 0.497 e. The molecule has 1 aliphatic heterocycles. The van der Waals surface area contributed by atoms with Gasteiger partial charge in [0.1, 0.15) is 11.5 Å². The summed E-state index contributed by atoms with van der Waals surface area (Å²) in [6, 6.07) is 5.82. The molecule has 0 spiro atoms. The minimum Gasteiger partial charge on any atom is -0.497 e. The number of hydrogen-bond donors (Lipinski definition) is 1. The molecule has 0 aliphatic carbocycles. The van der Waals surface area contributed by atoms with Gasteiger partial charge in [-0.2, -0.15) is 0 Å². The third-order valence-corrected chi connectivity index (χ3v) is 5.78. The lowest BCUT2D eigenvalue weighted by Gasteiger charge is -2.19. The Bertz CT molecular complexity index is 585. The molecule has 0 saturated carbocycles. The lowest BCUT2D eigenvalue weighted by Crippen LogP contribution is -2.26. The quantitative estimate of drug-likeness (QED) is 0.867. The molecule has 1 aliphatic rings. The van der Waals surface area contributed by atoms with Crippen LogP contribution in [0.25, 0.3) is 0 Å². The molecule has 1 saturated heterocycles. The fraction of sp³-hybridized carbons (Fsp3) is 0.600. The highest BCUT2D eigenvalue weighted by Gasteiger charge is 2.28. The second kappa shape index (κ2) is 6.66. The summed E-state index contributed by atoms with van der Waals surface area (Å²) >= 11 is 0. The van der Waals surface area contributed by atoms with Crippen molar-refractivity contribution < 1.29 is 17.9 Å². The molecule has 21 heavy (non-hydrogen) atoms. The van der Waals surface area contributed by atoms with Gasteiger partial charge in [-0.1, -0.05) is 6.07 Å². The van der Waals surface area contributed by atoms with Crippen LogP contribution in [0.3, 0.4) is 0 Å². The van der Waals surface area contributed by atoms with Crippen molar-refractivity contribution in [3.8, 4) is 11.5 Å². The predicted molar refractivity (Wildman–Crippen MR) is 82.7 cm³/mol. The van der Waals surface area contributed by atoms with Crippen molar-refractivity contribution >= 4 is 9.84 Å². The van der Waals surface area contributed by atoms with Crippen molar-refractivity contribution in [1.29, 1.82) is 0 Å². The van der Waals surface area contributed by atoms with Crippen LogP contribution in [0, 0.1) is 5.92 Å². The second-order valence-electron chi connectivity index (χ2n) is 5.51. The fourth-order valence-corrected chi connectivity index (χ4v) is 4.52. The van der Waals surface area contributed by atoms with E-state index in [9.17, 15) is 8.42 Å². The molecule has 118 valence electrons. The first-order valence-corrected chi connectivity index (χ1v) is 8.93. The van der Waals surface area contributed by atoms with E-state index < -0.39 is 9.84 Å². The highest BCUT2D eigenvalue weighted by atomic mass is 32.2. The van der Waals surface area contributed by atoms with Gasteiger partial charge in [0.25, 0.3) is 0 Å². The van der Waals surface area contributed by atoms with Gasteiger partial charge >= 0.3 is 0 Å². The van der Waals surface area contributed by atoms with E-state index in [4.69, 9.17) is 9.47 Å². The molecule has 2 unspecified atom stereocenters. The number of methoxy groups -OCH3 is 2. The average molecular weight is 313 g/mol. The lowest BCUT2D eigenvalue weighted by atomic mass is 10.0. The maximum atomic E-state index is 11.5. The van der Waals surface area contributed by atoms with Gasteiger partial charge in [0.2, 0.25) is 0 Å². The molecule has 1 aromatic carbocycles. The van der Waals surface area contributed by atoms with Gasteiger partial charge < -0.3 is 14.8 Å². The van der Waals surface area contributed by atoms with Crippen molar-refractivity contribution in [1.82, 2.24) is 5.32 Å². The number of sulfone groups is 1. The summed E-state index contributed by atoms with van der Waals surface area (Å²) in [5.41, 5.74) is 1.04. The van der Waals surface area contributed by atoms with E-state index in [1.165, 1.54) is 0 Å². The van der Waals surface area contributed by atoms with Crippen LogP contribution >= 0.6 is 0 Å². The summed E-state index contributed by atoms with van der Waals surface area (Å²) in [5, 5.41) is 3.41. The monoisotopic (exact) mass is 313 g/mol. The van der Waals surface area contributed by atoms with Crippen LogP contribution in [-0.4, -0.2) is 40.7 Å². The summed E-state index contributed by atoms with van der Waals surface area (Å²) in [7, 11) is 0.444. The van der Waals surface area contributed by atoms with Gasteiger partial charge in [0.15, 0.2) is 9.84 Å². The van der Waals surface area contributed by atoms with E-state index in [1.54, 1.807) is 14.2 Å². The maximum Gasteiger partial charge on any atom is 0.150 e. The van der Waals surface area contributed by atoms with Crippen molar-refractivity contribution in [3.63, 3.8) is 0 Å². The van der Waals surface area contributed by atoms with E-state index >= 15 is 0 Å². The summed E-state index contributed by atoms with van der Waals surface area (Å²) in [4.78, 5) is 0. The van der Waals surface area contributed by atoms with Gasteiger partial charge in [0, 0.05) is 17.7 Å². The van der Waals surface area contributed by atoms with Crippen LogP contribution in [-0.2, 0) is 9.84 Å². The van der Waals surface area contributed by atoms with Crippen molar-refractivity contribution in [2.45, 2.75) is 19.4 Å². The van der Waals surface area contributed by atoms with Gasteiger partial charge in [-0.3, -0.25) is 0 Å². The maximum absolute atomic E-state index is 11.5. The van der Waals surface area contributed by atoms with E-state index in [-0.39, 0.29) is 12.0 Å². The van der Waals surface area contributed by atoms with Gasteiger partial charge in [-0.15, -0.1) is 0 Å². The molecular weight excluding hydrogens is 290 g/mol. The summed E-state index contributed by atoms with van der Waals surface area (Å²) < 4.78 is 33.5. The Morgan fingerprint density at radius 2 is 2.10 bits per heavy atom. The zero-order chi connectivity index (χ0) is 15.5. The Morgan fingerprint density at radius 1 is 1.33 bits per heavy atom. The Hall–Kier alpha value is -1.27. The molecule has 2 rings (SSSR count). The van der Waals surface area contributed by atoms with Crippen LogP contribution in [0.2, 0.25) is 0 Å². The molecule has 1 aromatic rings. The average Bonchev–Trinajstić information content (AvgIpc) is 2.83. The van der Waals surface area contributed by atoms with E-state index in [0.717, 1.165) is 23.5 Å². The minimum absolute atomic E-state index is 0.0918. The number of hydrogen-bond acceptors (Lipinski definition) is 5. The van der Waals surface area contributed by atoms with Crippen LogP contribution in [0.15, 0.2) is 18.2 Å². The predicted octanol–water partition coefficient (Wildman–Crippen LogP) is 1.79. The molecule has 1 fully saturated rings. The first kappa shape index (κ1) is 16.1. The summed E-state index contributed by atoms with van der Waals surface area (Å²) in [6.45, 7) is 2.75. The molecule has 1 N–H and O–H groups in total. The first-order chi connectivity index (χ1) is 9.95.